The number of phosphoric ester groups is 1. The Balaban J connectivity index is -0.000000268. The van der Waals surface area contributed by atoms with E-state index in [2.05, 4.69) is 41.5 Å². The number of hydrogen-bond acceptors (Lipinski definition) is 10. The van der Waals surface area contributed by atoms with Crippen LogP contribution in [0.5, 0.6) is 0 Å². The molecular formula is C51H113O11P3Ti. The second-order valence-corrected chi connectivity index (χ2v) is 21.1. The van der Waals surface area contributed by atoms with Crippen LogP contribution in [-0.2, 0) is 53.4 Å². The van der Waals surface area contributed by atoms with Gasteiger partial charge in [-0.3, -0.25) is 9.05 Å². The van der Waals surface area contributed by atoms with Crippen LogP contribution in [0, 0.1) is 0 Å². The van der Waals surface area contributed by atoms with Gasteiger partial charge >= 0.3 is 25.0 Å². The molecule has 0 aromatic heterocycles. The second kappa shape index (κ2) is 68.5. The second-order valence-electron chi connectivity index (χ2n) is 17.6. The number of aliphatic hydroxyl groups is 1. The molecule has 0 aliphatic rings. The maximum atomic E-state index is 11.6. The summed E-state index contributed by atoms with van der Waals surface area (Å²) in [4.78, 5) is 28.6. The minimum atomic E-state index is -3.82. The van der Waals surface area contributed by atoms with E-state index in [9.17, 15) is 19.2 Å². The molecule has 402 valence electrons. The molecule has 0 heterocycles. The zero-order valence-corrected chi connectivity index (χ0v) is 49.0. The summed E-state index contributed by atoms with van der Waals surface area (Å²) in [6.45, 7) is 19.9. The van der Waals surface area contributed by atoms with Gasteiger partial charge in [0.2, 0.25) is 0 Å². The Morgan fingerprint density at radius 3 is 0.682 bits per heavy atom. The van der Waals surface area contributed by atoms with Crippen LogP contribution in [-0.4, -0.2) is 65.5 Å². The van der Waals surface area contributed by atoms with Crippen LogP contribution in [0.25, 0.3) is 0 Å². The van der Waals surface area contributed by atoms with E-state index >= 15 is 0 Å². The molecule has 15 heteroatoms. The molecule has 0 rings (SSSR count). The average Bonchev–Trinajstić information content (AvgIpc) is 3.27. The van der Waals surface area contributed by atoms with Crippen molar-refractivity contribution in [2.45, 2.75) is 293 Å². The minimum Gasteiger partial charge on any atom is -0.394 e. The molecule has 0 amide bonds. The Kier molecular flexibility index (Phi) is 79.2. The fraction of sp³-hybridized carbons (Fsp3) is 1.00. The summed E-state index contributed by atoms with van der Waals surface area (Å²) in [5.41, 5.74) is 0. The third-order valence-corrected chi connectivity index (χ3v) is 12.9. The third-order valence-electron chi connectivity index (χ3n) is 10.3. The average molecular weight is 1040 g/mol. The first-order valence-electron chi connectivity index (χ1n) is 27.3. The molecule has 4 N–H and O–H groups in total. The quantitative estimate of drug-likeness (QED) is 0.0262. The maximum absolute atomic E-state index is 11.6. The molecule has 11 nitrogen and oxygen atoms in total. The number of rotatable bonds is 48. The van der Waals surface area contributed by atoms with Crippen LogP contribution in [0.1, 0.15) is 287 Å². The Morgan fingerprint density at radius 2 is 0.500 bits per heavy atom. The fourth-order valence-corrected chi connectivity index (χ4v) is 8.42. The van der Waals surface area contributed by atoms with E-state index < -0.39 is 25.0 Å². The molecule has 0 spiro atoms. The van der Waals surface area contributed by atoms with E-state index in [-0.39, 0.29) is 27.8 Å². The number of unbranched alkanes of at least 4 members (excludes halogenated alkanes) is 30. The van der Waals surface area contributed by atoms with E-state index in [0.29, 0.717) is 39.6 Å². The van der Waals surface area contributed by atoms with Crippen molar-refractivity contribution in [2.24, 2.45) is 0 Å². The van der Waals surface area contributed by atoms with Crippen molar-refractivity contribution in [1.82, 2.24) is 0 Å². The van der Waals surface area contributed by atoms with Gasteiger partial charge < -0.3 is 37.9 Å². The van der Waals surface area contributed by atoms with Gasteiger partial charge in [-0.25, -0.2) is 4.57 Å². The van der Waals surface area contributed by atoms with Crippen molar-refractivity contribution in [2.75, 3.05) is 39.6 Å². The van der Waals surface area contributed by atoms with Crippen molar-refractivity contribution in [3.63, 3.8) is 0 Å². The van der Waals surface area contributed by atoms with Gasteiger partial charge in [0, 0.05) is 27.8 Å². The van der Waals surface area contributed by atoms with E-state index in [1.807, 2.05) is 0 Å². The van der Waals surface area contributed by atoms with Gasteiger partial charge in [-0.2, -0.15) is 0 Å². The van der Waals surface area contributed by atoms with E-state index in [1.165, 1.54) is 180 Å². The zero-order chi connectivity index (χ0) is 49.2. The van der Waals surface area contributed by atoms with Gasteiger partial charge in [0.05, 0.1) is 39.6 Å². The van der Waals surface area contributed by atoms with Crippen molar-refractivity contribution < 1.29 is 73.2 Å². The summed E-state index contributed by atoms with van der Waals surface area (Å²) in [5, 5.41) is 8.06. The summed E-state index contributed by atoms with van der Waals surface area (Å²) in [5.74, 6) is 0. The van der Waals surface area contributed by atoms with Crippen LogP contribution in [0.2, 0.25) is 0 Å². The standard InChI is InChI=1S/C16H35O4P.2C16H35O3P.C3H8O.Ti/c1-3-5-7-9-11-13-15-19-21(17,18)20-16-14-12-10-8-6-4-2;2*1-3-5-7-9-11-13-15-18-20(17)19-16-14-12-10-8-6-4-2;1-3(2)4;/h3-16H2,1-2H3,(H,17,18);2*17H,3-16H2,1-2H3;3-4H,1-2H3;. The first-order valence-corrected chi connectivity index (χ1v) is 31.0. The van der Waals surface area contributed by atoms with E-state index in [1.54, 1.807) is 13.8 Å². The van der Waals surface area contributed by atoms with Gasteiger partial charge in [0.1, 0.15) is 0 Å². The molecular weight excluding hydrogens is 929 g/mol. The van der Waals surface area contributed by atoms with Crippen LogP contribution in [0.15, 0.2) is 0 Å². The molecule has 0 radical (unpaired) electrons. The molecule has 0 aliphatic heterocycles. The summed E-state index contributed by atoms with van der Waals surface area (Å²) in [7, 11) is -7.09. The van der Waals surface area contributed by atoms with E-state index in [4.69, 9.17) is 32.2 Å². The first-order chi connectivity index (χ1) is 31.5. The summed E-state index contributed by atoms with van der Waals surface area (Å²) in [6.07, 6.45) is 43.1. The molecule has 0 fully saturated rings. The summed E-state index contributed by atoms with van der Waals surface area (Å²) >= 11 is 0. The molecule has 0 unspecified atom stereocenters. The van der Waals surface area contributed by atoms with E-state index in [0.717, 1.165) is 51.4 Å². The number of hydrogen-bond donors (Lipinski definition) is 4. The zero-order valence-electron chi connectivity index (χ0n) is 44.8. The molecule has 0 aliphatic carbocycles. The summed E-state index contributed by atoms with van der Waals surface area (Å²) in [6, 6.07) is 0. The fourth-order valence-electron chi connectivity index (χ4n) is 6.34. The topological polar surface area (TPSA) is 153 Å². The molecule has 0 saturated heterocycles. The van der Waals surface area contributed by atoms with Crippen LogP contribution >= 0.6 is 25.0 Å². The Bertz CT molecular complexity index is 773. The Labute approximate surface area is 428 Å². The number of phosphoric acid groups is 1. The number of aliphatic hydroxyl groups excluding tert-OH is 1. The third kappa shape index (κ3) is 82.3. The van der Waals surface area contributed by atoms with Crippen molar-refractivity contribution in [1.29, 1.82) is 0 Å². The maximum Gasteiger partial charge on any atom is 0.472 e. The molecule has 0 bridgehead atoms. The molecule has 0 atom stereocenters. The predicted molar refractivity (Wildman–Crippen MR) is 281 cm³/mol. The summed E-state index contributed by atoms with van der Waals surface area (Å²) < 4.78 is 42.7. The largest absolute Gasteiger partial charge is 0.472 e. The molecule has 66 heavy (non-hydrogen) atoms. The molecule has 0 aromatic carbocycles. The van der Waals surface area contributed by atoms with Crippen molar-refractivity contribution in [3.05, 3.63) is 0 Å². The van der Waals surface area contributed by atoms with Crippen LogP contribution in [0.4, 0.5) is 0 Å². The smallest absolute Gasteiger partial charge is 0.394 e. The normalized spacial score (nSPS) is 11.3. The van der Waals surface area contributed by atoms with Gasteiger partial charge in [-0.15, -0.1) is 0 Å². The predicted octanol–water partition coefficient (Wildman–Crippen LogP) is 18.1. The molecule has 0 aromatic rings. The Hall–Kier alpha value is 1.40. The van der Waals surface area contributed by atoms with Crippen molar-refractivity contribution in [3.8, 4) is 0 Å². The Morgan fingerprint density at radius 1 is 0.348 bits per heavy atom. The van der Waals surface area contributed by atoms with Crippen molar-refractivity contribution >= 4 is 25.0 Å². The van der Waals surface area contributed by atoms with Gasteiger partial charge in [-0.05, 0) is 52.4 Å². The first kappa shape index (κ1) is 76.3. The van der Waals surface area contributed by atoms with Gasteiger partial charge in [0.25, 0.3) is 0 Å². The minimum absolute atomic E-state index is 0. The SMILES string of the molecule is CC(C)O.CCCCCCCCOP(=O)(O)OCCCCCCCC.CCCCCCCCOP(O)OCCCCCCCC.CCCCCCCCOP(O)OCCCCCCCC.[Ti]. The monoisotopic (exact) mass is 1040 g/mol. The van der Waals surface area contributed by atoms with Crippen LogP contribution < -0.4 is 0 Å². The van der Waals surface area contributed by atoms with Gasteiger partial charge in [0.15, 0.2) is 0 Å². The molecule has 0 saturated carbocycles. The van der Waals surface area contributed by atoms with Gasteiger partial charge in [-0.1, -0.05) is 234 Å². The van der Waals surface area contributed by atoms with Crippen LogP contribution in [0.3, 0.4) is 0 Å².